The Morgan fingerprint density at radius 3 is 2.23 bits per heavy atom. The maximum atomic E-state index is 11.0. The van der Waals surface area contributed by atoms with E-state index in [1.54, 1.807) is 0 Å². The smallest absolute Gasteiger partial charge is 0.303 e. The lowest BCUT2D eigenvalue weighted by molar-refractivity contribution is -0.138. The van der Waals surface area contributed by atoms with Crippen molar-refractivity contribution in [2.75, 3.05) is 0 Å². The summed E-state index contributed by atoms with van der Waals surface area (Å²) in [7, 11) is 0. The largest absolute Gasteiger partial charge is 0.481 e. The lowest BCUT2D eigenvalue weighted by Gasteiger charge is -2.19. The Morgan fingerprint density at radius 1 is 1.05 bits per heavy atom. The molecule has 0 heterocycles. The molecular formula is C20H24O2. The Balaban J connectivity index is 2.15. The molecule has 0 aromatic heterocycles. The van der Waals surface area contributed by atoms with E-state index >= 15 is 0 Å². The fraction of sp³-hybridized carbons (Fsp3) is 0.350. The number of benzene rings is 2. The molecule has 0 amide bonds. The molecule has 0 aliphatic rings. The number of aliphatic carboxylic acids is 1. The van der Waals surface area contributed by atoms with Crippen LogP contribution < -0.4 is 0 Å². The van der Waals surface area contributed by atoms with Gasteiger partial charge in [0.25, 0.3) is 0 Å². The van der Waals surface area contributed by atoms with E-state index in [1.807, 2.05) is 6.07 Å². The summed E-state index contributed by atoms with van der Waals surface area (Å²) >= 11 is 0. The summed E-state index contributed by atoms with van der Waals surface area (Å²) in [5.74, 6) is -0.163. The highest BCUT2D eigenvalue weighted by atomic mass is 16.4. The molecule has 0 fully saturated rings. The van der Waals surface area contributed by atoms with Crippen LogP contribution >= 0.6 is 0 Å². The third kappa shape index (κ3) is 4.20. The van der Waals surface area contributed by atoms with Gasteiger partial charge in [0, 0.05) is 6.42 Å². The second-order valence-corrected chi connectivity index (χ2v) is 6.32. The van der Waals surface area contributed by atoms with E-state index < -0.39 is 5.97 Å². The topological polar surface area (TPSA) is 37.3 Å². The number of carboxylic acid groups (broad SMARTS) is 1. The summed E-state index contributed by atoms with van der Waals surface area (Å²) in [6.07, 6.45) is 1.05. The monoisotopic (exact) mass is 296 g/mol. The van der Waals surface area contributed by atoms with E-state index in [4.69, 9.17) is 5.11 Å². The van der Waals surface area contributed by atoms with Crippen LogP contribution in [-0.2, 0) is 11.2 Å². The molecule has 0 radical (unpaired) electrons. The van der Waals surface area contributed by atoms with Crippen molar-refractivity contribution < 1.29 is 9.90 Å². The van der Waals surface area contributed by atoms with Crippen LogP contribution in [0.1, 0.15) is 31.4 Å². The quantitative estimate of drug-likeness (QED) is 0.818. The summed E-state index contributed by atoms with van der Waals surface area (Å²) in [5, 5.41) is 9.03. The van der Waals surface area contributed by atoms with Gasteiger partial charge in [-0.05, 0) is 47.4 Å². The summed E-state index contributed by atoms with van der Waals surface area (Å²) in [5.41, 5.74) is 4.93. The van der Waals surface area contributed by atoms with E-state index in [1.165, 1.54) is 22.3 Å². The molecule has 1 unspecified atom stereocenters. The van der Waals surface area contributed by atoms with Crippen LogP contribution in [0, 0.1) is 18.8 Å². The van der Waals surface area contributed by atoms with Crippen molar-refractivity contribution >= 4 is 5.97 Å². The minimum Gasteiger partial charge on any atom is -0.481 e. The number of carboxylic acids is 1. The molecular weight excluding hydrogens is 272 g/mol. The van der Waals surface area contributed by atoms with Gasteiger partial charge in [0.15, 0.2) is 0 Å². The number of hydrogen-bond acceptors (Lipinski definition) is 1. The first-order valence-corrected chi connectivity index (χ1v) is 7.84. The molecule has 0 aliphatic carbocycles. The highest BCUT2D eigenvalue weighted by Crippen LogP contribution is 2.25. The molecule has 0 aliphatic heterocycles. The first-order valence-electron chi connectivity index (χ1n) is 7.84. The van der Waals surface area contributed by atoms with Crippen molar-refractivity contribution in [3.8, 4) is 11.1 Å². The van der Waals surface area contributed by atoms with Crippen LogP contribution in [0.3, 0.4) is 0 Å². The van der Waals surface area contributed by atoms with Gasteiger partial charge in [0.05, 0.1) is 0 Å². The third-order valence-electron chi connectivity index (χ3n) is 4.29. The molecule has 22 heavy (non-hydrogen) atoms. The molecule has 116 valence electrons. The predicted octanol–water partition coefficient (Wildman–Crippen LogP) is 4.95. The molecule has 0 spiro atoms. The van der Waals surface area contributed by atoms with Crippen molar-refractivity contribution in [1.29, 1.82) is 0 Å². The average Bonchev–Trinajstić information content (AvgIpc) is 2.47. The Labute approximate surface area is 132 Å². The Hall–Kier alpha value is -2.09. The fourth-order valence-corrected chi connectivity index (χ4v) is 2.79. The van der Waals surface area contributed by atoms with E-state index in [0.717, 1.165) is 6.42 Å². The highest BCUT2D eigenvalue weighted by Gasteiger charge is 2.17. The van der Waals surface area contributed by atoms with E-state index in [-0.39, 0.29) is 12.3 Å². The molecule has 2 heteroatoms. The van der Waals surface area contributed by atoms with Crippen molar-refractivity contribution in [2.45, 2.75) is 33.6 Å². The maximum absolute atomic E-state index is 11.0. The number of carbonyl (C=O) groups is 1. The summed E-state index contributed by atoms with van der Waals surface area (Å²) in [6.45, 7) is 6.30. The molecule has 2 aromatic carbocycles. The maximum Gasteiger partial charge on any atom is 0.303 e. The molecule has 2 nitrogen and oxygen atoms in total. The van der Waals surface area contributed by atoms with E-state index in [0.29, 0.717) is 5.92 Å². The van der Waals surface area contributed by atoms with Gasteiger partial charge in [-0.3, -0.25) is 4.79 Å². The minimum absolute atomic E-state index is 0.182. The second kappa shape index (κ2) is 7.26. The van der Waals surface area contributed by atoms with Crippen molar-refractivity contribution in [2.24, 2.45) is 11.8 Å². The summed E-state index contributed by atoms with van der Waals surface area (Å²) < 4.78 is 0. The summed E-state index contributed by atoms with van der Waals surface area (Å²) in [4.78, 5) is 11.0. The van der Waals surface area contributed by atoms with Gasteiger partial charge in [0.1, 0.15) is 0 Å². The molecule has 0 bridgehead atoms. The van der Waals surface area contributed by atoms with Gasteiger partial charge in [-0.25, -0.2) is 0 Å². The zero-order valence-corrected chi connectivity index (χ0v) is 13.5. The van der Waals surface area contributed by atoms with Gasteiger partial charge >= 0.3 is 5.97 Å². The first kappa shape index (κ1) is 16.3. The normalized spacial score (nSPS) is 12.4. The Bertz CT molecular complexity index is 626. The van der Waals surface area contributed by atoms with Crippen LogP contribution in [0.4, 0.5) is 0 Å². The van der Waals surface area contributed by atoms with Crippen molar-refractivity contribution in [3.63, 3.8) is 0 Å². The van der Waals surface area contributed by atoms with Crippen molar-refractivity contribution in [3.05, 3.63) is 59.7 Å². The number of aryl methyl sites for hydroxylation is 1. The van der Waals surface area contributed by atoms with Crippen LogP contribution in [0.2, 0.25) is 0 Å². The van der Waals surface area contributed by atoms with Crippen LogP contribution in [-0.4, -0.2) is 11.1 Å². The fourth-order valence-electron chi connectivity index (χ4n) is 2.79. The van der Waals surface area contributed by atoms with Gasteiger partial charge < -0.3 is 5.11 Å². The molecule has 2 aromatic rings. The Kier molecular flexibility index (Phi) is 5.37. The highest BCUT2D eigenvalue weighted by molar-refractivity contribution is 5.68. The standard InChI is InChI=1S/C20H24O2/c1-14(2)18(13-20(21)22)12-16-8-10-17(11-9-16)19-7-5-4-6-15(19)3/h4-11,14,18H,12-13H2,1-3H3,(H,21,22). The van der Waals surface area contributed by atoms with Crippen LogP contribution in [0.5, 0.6) is 0 Å². The van der Waals surface area contributed by atoms with Gasteiger partial charge in [0.2, 0.25) is 0 Å². The molecule has 0 saturated carbocycles. The van der Waals surface area contributed by atoms with E-state index in [9.17, 15) is 4.79 Å². The number of hydrogen-bond donors (Lipinski definition) is 1. The lowest BCUT2D eigenvalue weighted by Crippen LogP contribution is -2.16. The van der Waals surface area contributed by atoms with Gasteiger partial charge in [-0.15, -0.1) is 0 Å². The first-order chi connectivity index (χ1) is 10.5. The zero-order valence-electron chi connectivity index (χ0n) is 13.5. The molecule has 1 atom stereocenters. The van der Waals surface area contributed by atoms with Crippen LogP contribution in [0.15, 0.2) is 48.5 Å². The zero-order chi connectivity index (χ0) is 16.1. The molecule has 2 rings (SSSR count). The van der Waals surface area contributed by atoms with Crippen molar-refractivity contribution in [1.82, 2.24) is 0 Å². The van der Waals surface area contributed by atoms with Gasteiger partial charge in [-0.2, -0.15) is 0 Å². The second-order valence-electron chi connectivity index (χ2n) is 6.32. The van der Waals surface area contributed by atoms with E-state index in [2.05, 4.69) is 63.2 Å². The Morgan fingerprint density at radius 2 is 1.68 bits per heavy atom. The lowest BCUT2D eigenvalue weighted by atomic mass is 9.86. The minimum atomic E-state index is -0.713. The SMILES string of the molecule is Cc1ccccc1-c1ccc(CC(CC(=O)O)C(C)C)cc1. The van der Waals surface area contributed by atoms with Gasteiger partial charge in [-0.1, -0.05) is 62.4 Å². The summed E-state index contributed by atoms with van der Waals surface area (Å²) in [6, 6.07) is 16.9. The molecule has 1 N–H and O–H groups in total. The van der Waals surface area contributed by atoms with Crippen LogP contribution in [0.25, 0.3) is 11.1 Å². The predicted molar refractivity (Wildman–Crippen MR) is 90.9 cm³/mol. The average molecular weight is 296 g/mol. The third-order valence-corrected chi connectivity index (χ3v) is 4.29. The molecule has 0 saturated heterocycles. The number of rotatable bonds is 6.